The molecule has 0 aliphatic rings. The summed E-state index contributed by atoms with van der Waals surface area (Å²) >= 11 is 0. The molecular formula is C15H21N3O3. The Labute approximate surface area is 123 Å². The average Bonchev–Trinajstić information content (AvgIpc) is 3.07. The molecule has 0 saturated heterocycles. The van der Waals surface area contributed by atoms with Gasteiger partial charge in [-0.05, 0) is 18.6 Å². The number of aromatic nitrogens is 2. The van der Waals surface area contributed by atoms with E-state index in [2.05, 4.69) is 15.5 Å². The molecule has 1 amide bonds. The molecule has 0 saturated carbocycles. The molecule has 6 nitrogen and oxygen atoms in total. The van der Waals surface area contributed by atoms with Gasteiger partial charge in [0.2, 0.25) is 11.8 Å². The summed E-state index contributed by atoms with van der Waals surface area (Å²) in [6, 6.07) is 3.62. The van der Waals surface area contributed by atoms with Crippen LogP contribution in [0.1, 0.15) is 51.1 Å². The molecule has 0 aromatic carbocycles. The van der Waals surface area contributed by atoms with Gasteiger partial charge >= 0.3 is 0 Å². The predicted octanol–water partition coefficient (Wildman–Crippen LogP) is 2.60. The zero-order valence-corrected chi connectivity index (χ0v) is 12.7. The average molecular weight is 291 g/mol. The fourth-order valence-corrected chi connectivity index (χ4v) is 1.75. The Balaban J connectivity index is 1.69. The Hall–Kier alpha value is -2.11. The van der Waals surface area contributed by atoms with E-state index >= 15 is 0 Å². The van der Waals surface area contributed by atoms with Gasteiger partial charge in [0.25, 0.3) is 0 Å². The summed E-state index contributed by atoms with van der Waals surface area (Å²) in [5, 5.41) is 6.76. The summed E-state index contributed by atoms with van der Waals surface area (Å²) in [4.78, 5) is 16.0. The largest absolute Gasteiger partial charge is 0.467 e. The van der Waals surface area contributed by atoms with Crippen LogP contribution in [0.3, 0.4) is 0 Å². The van der Waals surface area contributed by atoms with Crippen molar-refractivity contribution in [3.63, 3.8) is 0 Å². The first-order valence-corrected chi connectivity index (χ1v) is 7.07. The summed E-state index contributed by atoms with van der Waals surface area (Å²) in [6.07, 6.45) is 3.30. The van der Waals surface area contributed by atoms with Crippen LogP contribution >= 0.6 is 0 Å². The van der Waals surface area contributed by atoms with E-state index in [1.807, 2.05) is 26.8 Å². The van der Waals surface area contributed by atoms with Gasteiger partial charge in [-0.1, -0.05) is 25.9 Å². The third-order valence-electron chi connectivity index (χ3n) is 2.97. The molecule has 0 aliphatic heterocycles. The van der Waals surface area contributed by atoms with Crippen LogP contribution in [0.15, 0.2) is 27.3 Å². The van der Waals surface area contributed by atoms with Crippen molar-refractivity contribution >= 4 is 5.91 Å². The van der Waals surface area contributed by atoms with Crippen molar-refractivity contribution in [3.05, 3.63) is 35.9 Å². The summed E-state index contributed by atoms with van der Waals surface area (Å²) in [5.41, 5.74) is -0.123. The molecule has 114 valence electrons. The van der Waals surface area contributed by atoms with E-state index in [9.17, 15) is 4.79 Å². The number of hydrogen-bond donors (Lipinski definition) is 1. The minimum absolute atomic E-state index is 0.0121. The number of carbonyl (C=O) groups excluding carboxylic acids is 1. The van der Waals surface area contributed by atoms with Crippen LogP contribution in [0, 0.1) is 0 Å². The minimum atomic E-state index is -0.123. The van der Waals surface area contributed by atoms with Crippen LogP contribution in [0.5, 0.6) is 0 Å². The van der Waals surface area contributed by atoms with Gasteiger partial charge in [-0.2, -0.15) is 4.98 Å². The number of amides is 1. The Morgan fingerprint density at radius 1 is 1.38 bits per heavy atom. The third kappa shape index (κ3) is 4.73. The Morgan fingerprint density at radius 2 is 2.19 bits per heavy atom. The van der Waals surface area contributed by atoms with E-state index in [1.165, 1.54) is 0 Å². The first-order valence-electron chi connectivity index (χ1n) is 7.07. The fourth-order valence-electron chi connectivity index (χ4n) is 1.75. The number of aryl methyl sites for hydroxylation is 1. The van der Waals surface area contributed by atoms with E-state index in [4.69, 9.17) is 8.94 Å². The molecule has 0 atom stereocenters. The van der Waals surface area contributed by atoms with Crippen molar-refractivity contribution in [2.45, 2.75) is 52.0 Å². The zero-order valence-electron chi connectivity index (χ0n) is 12.7. The van der Waals surface area contributed by atoms with E-state index in [0.29, 0.717) is 37.5 Å². The van der Waals surface area contributed by atoms with Gasteiger partial charge in [0.15, 0.2) is 5.82 Å². The number of furan rings is 1. The number of carbonyl (C=O) groups is 1. The van der Waals surface area contributed by atoms with Crippen LogP contribution in [-0.2, 0) is 23.2 Å². The zero-order chi connectivity index (χ0) is 15.3. The summed E-state index contributed by atoms with van der Waals surface area (Å²) in [5.74, 6) is 2.01. The maximum Gasteiger partial charge on any atom is 0.226 e. The van der Waals surface area contributed by atoms with Gasteiger partial charge < -0.3 is 14.3 Å². The molecule has 2 aromatic rings. The van der Waals surface area contributed by atoms with Gasteiger partial charge in [0, 0.05) is 18.3 Å². The fraction of sp³-hybridized carbons (Fsp3) is 0.533. The van der Waals surface area contributed by atoms with Gasteiger partial charge in [0.05, 0.1) is 12.8 Å². The highest BCUT2D eigenvalue weighted by Gasteiger charge is 2.20. The molecule has 0 radical (unpaired) electrons. The predicted molar refractivity (Wildman–Crippen MR) is 76.5 cm³/mol. The van der Waals surface area contributed by atoms with Crippen molar-refractivity contribution in [2.75, 3.05) is 0 Å². The molecule has 0 aliphatic carbocycles. The Morgan fingerprint density at radius 3 is 2.81 bits per heavy atom. The summed E-state index contributed by atoms with van der Waals surface area (Å²) < 4.78 is 10.3. The molecule has 1 N–H and O–H groups in total. The SMILES string of the molecule is CC(C)(C)c1noc(CCCC(=O)NCc2ccco2)n1. The highest BCUT2D eigenvalue weighted by Crippen LogP contribution is 2.18. The lowest BCUT2D eigenvalue weighted by atomic mass is 9.96. The second-order valence-corrected chi connectivity index (χ2v) is 5.97. The quantitative estimate of drug-likeness (QED) is 0.884. The number of rotatable bonds is 6. The molecule has 0 unspecified atom stereocenters. The van der Waals surface area contributed by atoms with Crippen LogP contribution in [-0.4, -0.2) is 16.0 Å². The topological polar surface area (TPSA) is 81.2 Å². The normalized spacial score (nSPS) is 11.6. The molecular weight excluding hydrogens is 270 g/mol. The maximum absolute atomic E-state index is 11.7. The van der Waals surface area contributed by atoms with E-state index < -0.39 is 0 Å². The van der Waals surface area contributed by atoms with Crippen molar-refractivity contribution in [3.8, 4) is 0 Å². The smallest absolute Gasteiger partial charge is 0.226 e. The Kier molecular flexibility index (Phi) is 4.77. The molecule has 21 heavy (non-hydrogen) atoms. The monoisotopic (exact) mass is 291 g/mol. The van der Waals surface area contributed by atoms with Crippen molar-refractivity contribution in [1.29, 1.82) is 0 Å². The first-order chi connectivity index (χ1) is 9.95. The third-order valence-corrected chi connectivity index (χ3v) is 2.97. The van der Waals surface area contributed by atoms with Gasteiger partial charge in [-0.25, -0.2) is 0 Å². The second kappa shape index (κ2) is 6.56. The summed E-state index contributed by atoms with van der Waals surface area (Å²) in [7, 11) is 0. The van der Waals surface area contributed by atoms with E-state index in [1.54, 1.807) is 12.3 Å². The lowest BCUT2D eigenvalue weighted by Gasteiger charge is -2.10. The van der Waals surface area contributed by atoms with Crippen molar-refractivity contribution in [2.24, 2.45) is 0 Å². The maximum atomic E-state index is 11.7. The van der Waals surface area contributed by atoms with Crippen molar-refractivity contribution < 1.29 is 13.7 Å². The Bertz CT molecular complexity index is 567. The van der Waals surface area contributed by atoms with Gasteiger partial charge in [0.1, 0.15) is 5.76 Å². The molecule has 0 bridgehead atoms. The van der Waals surface area contributed by atoms with E-state index in [0.717, 1.165) is 5.76 Å². The van der Waals surface area contributed by atoms with Crippen LogP contribution in [0.25, 0.3) is 0 Å². The van der Waals surface area contributed by atoms with Crippen LogP contribution in [0.4, 0.5) is 0 Å². The first kappa shape index (κ1) is 15.3. The number of nitrogens with zero attached hydrogens (tertiary/aromatic N) is 2. The molecule has 2 aromatic heterocycles. The van der Waals surface area contributed by atoms with E-state index in [-0.39, 0.29) is 11.3 Å². The molecule has 2 heterocycles. The number of hydrogen-bond acceptors (Lipinski definition) is 5. The minimum Gasteiger partial charge on any atom is -0.467 e. The second-order valence-electron chi connectivity index (χ2n) is 5.97. The van der Waals surface area contributed by atoms with Crippen molar-refractivity contribution in [1.82, 2.24) is 15.5 Å². The van der Waals surface area contributed by atoms with Gasteiger partial charge in [-0.3, -0.25) is 4.79 Å². The highest BCUT2D eigenvalue weighted by molar-refractivity contribution is 5.75. The molecule has 0 spiro atoms. The molecule has 0 fully saturated rings. The molecule has 2 rings (SSSR count). The van der Waals surface area contributed by atoms with Gasteiger partial charge in [-0.15, -0.1) is 0 Å². The summed E-state index contributed by atoms with van der Waals surface area (Å²) in [6.45, 7) is 6.51. The standard InChI is InChI=1S/C15H21N3O3/c1-15(2,3)14-17-13(21-18-14)8-4-7-12(19)16-10-11-6-5-9-20-11/h5-6,9H,4,7-8,10H2,1-3H3,(H,16,19). The lowest BCUT2D eigenvalue weighted by Crippen LogP contribution is -2.22. The van der Waals surface area contributed by atoms with Crippen LogP contribution in [0.2, 0.25) is 0 Å². The van der Waals surface area contributed by atoms with Crippen LogP contribution < -0.4 is 5.32 Å². The lowest BCUT2D eigenvalue weighted by molar-refractivity contribution is -0.121. The number of nitrogens with one attached hydrogen (secondary N) is 1. The highest BCUT2D eigenvalue weighted by atomic mass is 16.5. The molecule has 6 heteroatoms.